The highest BCUT2D eigenvalue weighted by molar-refractivity contribution is 14.1. The van der Waals surface area contributed by atoms with Gasteiger partial charge in [0.05, 0.1) is 12.3 Å². The molecule has 0 unspecified atom stereocenters. The van der Waals surface area contributed by atoms with Crippen molar-refractivity contribution in [2.24, 2.45) is 0 Å². The molecule has 0 aliphatic rings. The van der Waals surface area contributed by atoms with Crippen molar-refractivity contribution in [3.63, 3.8) is 0 Å². The van der Waals surface area contributed by atoms with Crippen molar-refractivity contribution >= 4 is 45.0 Å². The van der Waals surface area contributed by atoms with Gasteiger partial charge in [0.25, 0.3) is 5.91 Å². The number of halogens is 1. The van der Waals surface area contributed by atoms with Crippen molar-refractivity contribution in [1.29, 1.82) is 0 Å². The quantitative estimate of drug-likeness (QED) is 0.343. The van der Waals surface area contributed by atoms with E-state index in [-0.39, 0.29) is 5.91 Å². The SMILES string of the molecule is CCCCOc1cccc(C(=O)Nc2nc(-c3ccc(I)cc3)cs2)c1. The number of benzene rings is 2. The van der Waals surface area contributed by atoms with Crippen LogP contribution in [0.15, 0.2) is 53.9 Å². The van der Waals surface area contributed by atoms with Crippen LogP contribution < -0.4 is 10.1 Å². The van der Waals surface area contributed by atoms with E-state index in [2.05, 4.69) is 39.8 Å². The fourth-order valence-electron chi connectivity index (χ4n) is 2.32. The number of ether oxygens (including phenoxy) is 1. The zero-order valence-corrected chi connectivity index (χ0v) is 17.3. The molecule has 2 aromatic carbocycles. The molecule has 3 rings (SSSR count). The van der Waals surface area contributed by atoms with Gasteiger partial charge in [0, 0.05) is 20.1 Å². The van der Waals surface area contributed by atoms with Crippen LogP contribution in [0.5, 0.6) is 5.75 Å². The summed E-state index contributed by atoms with van der Waals surface area (Å²) in [5, 5.41) is 5.40. The molecule has 0 bridgehead atoms. The van der Waals surface area contributed by atoms with Gasteiger partial charge < -0.3 is 4.74 Å². The van der Waals surface area contributed by atoms with E-state index >= 15 is 0 Å². The average molecular weight is 478 g/mol. The normalized spacial score (nSPS) is 10.5. The summed E-state index contributed by atoms with van der Waals surface area (Å²) in [5.74, 6) is 0.527. The largest absolute Gasteiger partial charge is 0.494 e. The van der Waals surface area contributed by atoms with Gasteiger partial charge in [-0.15, -0.1) is 11.3 Å². The standard InChI is InChI=1S/C20H19IN2O2S/c1-2-3-11-25-17-6-4-5-15(12-17)19(24)23-20-22-18(13-26-20)14-7-9-16(21)10-8-14/h4-10,12-13H,2-3,11H2,1H3,(H,22,23,24). The zero-order chi connectivity index (χ0) is 18.4. The minimum absolute atomic E-state index is 0.186. The van der Waals surface area contributed by atoms with Crippen molar-refractivity contribution in [2.75, 3.05) is 11.9 Å². The Labute approximate surface area is 170 Å². The second kappa shape index (κ2) is 9.14. The topological polar surface area (TPSA) is 51.2 Å². The van der Waals surface area contributed by atoms with Crippen LogP contribution in [-0.2, 0) is 0 Å². The first-order valence-corrected chi connectivity index (χ1v) is 10.4. The first-order chi connectivity index (χ1) is 12.7. The number of carbonyl (C=O) groups is 1. The summed E-state index contributed by atoms with van der Waals surface area (Å²) < 4.78 is 6.84. The number of nitrogens with one attached hydrogen (secondary N) is 1. The molecule has 26 heavy (non-hydrogen) atoms. The van der Waals surface area contributed by atoms with Gasteiger partial charge in [-0.3, -0.25) is 10.1 Å². The van der Waals surface area contributed by atoms with Gasteiger partial charge in [-0.1, -0.05) is 31.5 Å². The van der Waals surface area contributed by atoms with Crippen LogP contribution in [0.4, 0.5) is 5.13 Å². The second-order valence-electron chi connectivity index (χ2n) is 5.73. The van der Waals surface area contributed by atoms with Crippen molar-refractivity contribution in [3.05, 3.63) is 63.0 Å². The third-order valence-corrected chi connectivity index (χ3v) is 5.20. The van der Waals surface area contributed by atoms with Gasteiger partial charge in [0.15, 0.2) is 5.13 Å². The molecule has 0 fully saturated rings. The highest BCUT2D eigenvalue weighted by Crippen LogP contribution is 2.26. The summed E-state index contributed by atoms with van der Waals surface area (Å²) in [7, 11) is 0. The summed E-state index contributed by atoms with van der Waals surface area (Å²) in [6, 6.07) is 15.4. The number of carbonyl (C=O) groups excluding carboxylic acids is 1. The number of thiazole rings is 1. The van der Waals surface area contributed by atoms with Gasteiger partial charge >= 0.3 is 0 Å². The predicted octanol–water partition coefficient (Wildman–Crippen LogP) is 5.85. The third kappa shape index (κ3) is 5.04. The minimum Gasteiger partial charge on any atom is -0.494 e. The average Bonchev–Trinajstić information content (AvgIpc) is 3.11. The zero-order valence-electron chi connectivity index (χ0n) is 14.4. The van der Waals surface area contributed by atoms with Crippen LogP contribution in [-0.4, -0.2) is 17.5 Å². The molecule has 1 N–H and O–H groups in total. The Morgan fingerprint density at radius 1 is 1.23 bits per heavy atom. The number of unbranched alkanes of at least 4 members (excludes halogenated alkanes) is 1. The molecular weight excluding hydrogens is 459 g/mol. The fraction of sp³-hybridized carbons (Fsp3) is 0.200. The van der Waals surface area contributed by atoms with E-state index in [0.717, 1.165) is 24.1 Å². The van der Waals surface area contributed by atoms with E-state index in [9.17, 15) is 4.79 Å². The molecule has 0 saturated heterocycles. The molecular formula is C20H19IN2O2S. The molecule has 0 aliphatic carbocycles. The lowest BCUT2D eigenvalue weighted by Gasteiger charge is -2.07. The van der Waals surface area contributed by atoms with Crippen LogP contribution >= 0.6 is 33.9 Å². The van der Waals surface area contributed by atoms with Crippen molar-refractivity contribution < 1.29 is 9.53 Å². The summed E-state index contributed by atoms with van der Waals surface area (Å²) >= 11 is 3.69. The summed E-state index contributed by atoms with van der Waals surface area (Å²) in [6.45, 7) is 2.78. The molecule has 0 atom stereocenters. The fourth-order valence-corrected chi connectivity index (χ4v) is 3.39. The number of hydrogen-bond donors (Lipinski definition) is 1. The van der Waals surface area contributed by atoms with E-state index in [0.29, 0.717) is 23.1 Å². The first-order valence-electron chi connectivity index (χ1n) is 8.41. The first kappa shape index (κ1) is 18.8. The van der Waals surface area contributed by atoms with Gasteiger partial charge in [0.2, 0.25) is 0 Å². The lowest BCUT2D eigenvalue weighted by molar-refractivity contribution is 0.102. The Bertz CT molecular complexity index is 878. The smallest absolute Gasteiger partial charge is 0.257 e. The van der Waals surface area contributed by atoms with Crippen LogP contribution in [0.3, 0.4) is 0 Å². The van der Waals surface area contributed by atoms with Crippen LogP contribution in [0, 0.1) is 3.57 Å². The van der Waals surface area contributed by atoms with Crippen molar-refractivity contribution in [1.82, 2.24) is 4.98 Å². The minimum atomic E-state index is -0.186. The highest BCUT2D eigenvalue weighted by Gasteiger charge is 2.11. The summed E-state index contributed by atoms with van der Waals surface area (Å²) in [4.78, 5) is 17.0. The molecule has 1 heterocycles. The van der Waals surface area contributed by atoms with E-state index in [1.54, 1.807) is 12.1 Å². The number of rotatable bonds is 7. The Hall–Kier alpha value is -1.93. The van der Waals surface area contributed by atoms with E-state index in [1.165, 1.54) is 14.9 Å². The van der Waals surface area contributed by atoms with Crippen molar-refractivity contribution in [2.45, 2.75) is 19.8 Å². The molecule has 1 aromatic heterocycles. The molecule has 4 nitrogen and oxygen atoms in total. The van der Waals surface area contributed by atoms with Crippen LogP contribution in [0.2, 0.25) is 0 Å². The van der Waals surface area contributed by atoms with E-state index < -0.39 is 0 Å². The Morgan fingerprint density at radius 2 is 2.04 bits per heavy atom. The summed E-state index contributed by atoms with van der Waals surface area (Å²) in [6.07, 6.45) is 2.07. The van der Waals surface area contributed by atoms with E-state index in [1.807, 2.05) is 41.8 Å². The second-order valence-corrected chi connectivity index (χ2v) is 7.83. The van der Waals surface area contributed by atoms with Crippen LogP contribution in [0.25, 0.3) is 11.3 Å². The molecule has 0 aliphatic heterocycles. The van der Waals surface area contributed by atoms with Gasteiger partial charge in [-0.05, 0) is 59.3 Å². The Balaban J connectivity index is 1.66. The predicted molar refractivity (Wildman–Crippen MR) is 115 cm³/mol. The Kier molecular flexibility index (Phi) is 6.62. The maximum Gasteiger partial charge on any atom is 0.257 e. The van der Waals surface area contributed by atoms with Gasteiger partial charge in [-0.2, -0.15) is 0 Å². The molecule has 0 radical (unpaired) electrons. The van der Waals surface area contributed by atoms with Gasteiger partial charge in [0.1, 0.15) is 5.75 Å². The maximum absolute atomic E-state index is 12.5. The lowest BCUT2D eigenvalue weighted by atomic mass is 10.2. The molecule has 3 aromatic rings. The molecule has 6 heteroatoms. The maximum atomic E-state index is 12.5. The molecule has 134 valence electrons. The van der Waals surface area contributed by atoms with Gasteiger partial charge in [-0.25, -0.2) is 4.98 Å². The number of anilines is 1. The number of aromatic nitrogens is 1. The van der Waals surface area contributed by atoms with E-state index in [4.69, 9.17) is 4.74 Å². The van der Waals surface area contributed by atoms with Crippen molar-refractivity contribution in [3.8, 4) is 17.0 Å². The number of amides is 1. The number of hydrogen-bond acceptors (Lipinski definition) is 4. The molecule has 0 spiro atoms. The molecule has 1 amide bonds. The third-order valence-electron chi connectivity index (χ3n) is 3.73. The number of nitrogens with zero attached hydrogens (tertiary/aromatic N) is 1. The lowest BCUT2D eigenvalue weighted by Crippen LogP contribution is -2.11. The summed E-state index contributed by atoms with van der Waals surface area (Å²) in [5.41, 5.74) is 2.46. The molecule has 0 saturated carbocycles. The van der Waals surface area contributed by atoms with Crippen LogP contribution in [0.1, 0.15) is 30.1 Å². The Morgan fingerprint density at radius 3 is 2.81 bits per heavy atom. The monoisotopic (exact) mass is 478 g/mol. The highest BCUT2D eigenvalue weighted by atomic mass is 127.